The maximum absolute atomic E-state index is 13.9. The van der Waals surface area contributed by atoms with Gasteiger partial charge in [-0.15, -0.1) is 0 Å². The van der Waals surface area contributed by atoms with Crippen LogP contribution < -0.4 is 10.6 Å². The fourth-order valence-corrected chi connectivity index (χ4v) is 4.33. The molecule has 8 heteroatoms. The molecule has 38 heavy (non-hydrogen) atoms. The quantitative estimate of drug-likeness (QED) is 0.287. The molecule has 1 atom stereocenters. The fraction of sp³-hybridized carbons (Fsp3) is 0.500. The average molecular weight is 544 g/mol. The number of carbonyl (C=O) groups is 3. The number of benzene rings is 2. The second-order valence-corrected chi connectivity index (χ2v) is 10.8. The summed E-state index contributed by atoms with van der Waals surface area (Å²) in [5.41, 5.74) is 2.45. The van der Waals surface area contributed by atoms with Crippen molar-refractivity contribution in [3.63, 3.8) is 0 Å². The molecule has 0 saturated heterocycles. The minimum Gasteiger partial charge on any atom is -0.444 e. The van der Waals surface area contributed by atoms with Crippen molar-refractivity contribution < 1.29 is 19.1 Å². The van der Waals surface area contributed by atoms with E-state index in [4.69, 9.17) is 16.3 Å². The number of amides is 3. The lowest BCUT2D eigenvalue weighted by atomic mass is 10.0. The maximum atomic E-state index is 13.9. The zero-order valence-corrected chi connectivity index (χ0v) is 24.3. The number of hydrogen-bond acceptors (Lipinski definition) is 4. The molecule has 2 aromatic rings. The second-order valence-electron chi connectivity index (χ2n) is 10.4. The molecule has 3 amide bonds. The second kappa shape index (κ2) is 14.8. The molecule has 0 saturated carbocycles. The third-order valence-electron chi connectivity index (χ3n) is 6.09. The summed E-state index contributed by atoms with van der Waals surface area (Å²) < 4.78 is 5.29. The summed E-state index contributed by atoms with van der Waals surface area (Å²) in [5.74, 6) is -0.741. The molecule has 0 bridgehead atoms. The van der Waals surface area contributed by atoms with Crippen molar-refractivity contribution in [3.05, 3.63) is 64.2 Å². The zero-order valence-electron chi connectivity index (χ0n) is 23.5. The van der Waals surface area contributed by atoms with Crippen LogP contribution in [0.25, 0.3) is 0 Å². The Kier molecular flexibility index (Phi) is 12.1. The van der Waals surface area contributed by atoms with Crippen molar-refractivity contribution in [2.75, 3.05) is 18.4 Å². The summed E-state index contributed by atoms with van der Waals surface area (Å²) in [6, 6.07) is 12.2. The lowest BCUT2D eigenvalue weighted by Gasteiger charge is -2.32. The highest BCUT2D eigenvalue weighted by atomic mass is 35.5. The van der Waals surface area contributed by atoms with E-state index < -0.39 is 17.7 Å². The summed E-state index contributed by atoms with van der Waals surface area (Å²) in [4.78, 5) is 41.2. The van der Waals surface area contributed by atoms with Gasteiger partial charge in [-0.3, -0.25) is 9.59 Å². The maximum Gasteiger partial charge on any atom is 0.408 e. The van der Waals surface area contributed by atoms with E-state index in [0.29, 0.717) is 22.8 Å². The van der Waals surface area contributed by atoms with Crippen molar-refractivity contribution in [3.8, 4) is 0 Å². The van der Waals surface area contributed by atoms with Crippen molar-refractivity contribution in [1.29, 1.82) is 0 Å². The van der Waals surface area contributed by atoms with Gasteiger partial charge in [-0.05, 0) is 63.3 Å². The molecule has 0 aromatic heterocycles. The van der Waals surface area contributed by atoms with E-state index in [-0.39, 0.29) is 18.4 Å². The highest BCUT2D eigenvalue weighted by Crippen LogP contribution is 2.29. The van der Waals surface area contributed by atoms with E-state index >= 15 is 0 Å². The first-order chi connectivity index (χ1) is 18.0. The van der Waals surface area contributed by atoms with E-state index in [1.807, 2.05) is 43.3 Å². The van der Waals surface area contributed by atoms with E-state index in [1.54, 1.807) is 31.7 Å². The van der Waals surface area contributed by atoms with Crippen molar-refractivity contribution in [2.24, 2.45) is 0 Å². The summed E-state index contributed by atoms with van der Waals surface area (Å²) >= 11 is 6.40. The Hall–Kier alpha value is -3.06. The van der Waals surface area contributed by atoms with Crippen LogP contribution in [0.15, 0.2) is 42.5 Å². The van der Waals surface area contributed by atoms with Gasteiger partial charge in [0, 0.05) is 6.54 Å². The molecule has 2 aromatic carbocycles. The highest BCUT2D eigenvalue weighted by Gasteiger charge is 2.32. The number of unbranched alkanes of at least 4 members (excludes halogenated alkanes) is 3. The van der Waals surface area contributed by atoms with Crippen LogP contribution in [0, 0.1) is 6.92 Å². The normalized spacial score (nSPS) is 12.0. The number of nitrogens with one attached hydrogen (secondary N) is 2. The molecule has 7 nitrogen and oxygen atoms in total. The van der Waals surface area contributed by atoms with Crippen LogP contribution in [-0.2, 0) is 20.7 Å². The van der Waals surface area contributed by atoms with Gasteiger partial charge in [0.1, 0.15) is 18.2 Å². The van der Waals surface area contributed by atoms with E-state index in [0.717, 1.165) is 43.2 Å². The van der Waals surface area contributed by atoms with E-state index in [1.165, 1.54) is 0 Å². The monoisotopic (exact) mass is 543 g/mol. The van der Waals surface area contributed by atoms with E-state index in [2.05, 4.69) is 24.5 Å². The van der Waals surface area contributed by atoms with Crippen LogP contribution in [0.2, 0.25) is 5.02 Å². The van der Waals surface area contributed by atoms with Gasteiger partial charge in [0.2, 0.25) is 5.91 Å². The summed E-state index contributed by atoms with van der Waals surface area (Å²) in [6.45, 7) is 11.4. The Balaban J connectivity index is 2.42. The van der Waals surface area contributed by atoms with Crippen LogP contribution in [0.4, 0.5) is 10.5 Å². The average Bonchev–Trinajstić information content (AvgIpc) is 2.86. The fourth-order valence-electron chi connectivity index (χ4n) is 4.06. The summed E-state index contributed by atoms with van der Waals surface area (Å²) in [6.07, 6.45) is 3.90. The first-order valence-electron chi connectivity index (χ1n) is 13.4. The third kappa shape index (κ3) is 9.67. The van der Waals surface area contributed by atoms with Gasteiger partial charge in [0.15, 0.2) is 0 Å². The number of ether oxygens (including phenoxy) is 1. The molecule has 0 aliphatic rings. The zero-order chi connectivity index (χ0) is 28.3. The number of carbonyl (C=O) groups excluding carboxylic acids is 3. The Morgan fingerprint density at radius 3 is 2.26 bits per heavy atom. The number of anilines is 1. The van der Waals surface area contributed by atoms with Gasteiger partial charge in [-0.25, -0.2) is 4.79 Å². The molecule has 0 radical (unpaired) electrons. The van der Waals surface area contributed by atoms with Crippen molar-refractivity contribution >= 4 is 35.2 Å². The molecule has 0 heterocycles. The Morgan fingerprint density at radius 2 is 1.68 bits per heavy atom. The van der Waals surface area contributed by atoms with Crippen LogP contribution in [0.3, 0.4) is 0 Å². The smallest absolute Gasteiger partial charge is 0.408 e. The van der Waals surface area contributed by atoms with Gasteiger partial charge in [0.25, 0.3) is 5.91 Å². The Labute approximate surface area is 232 Å². The first kappa shape index (κ1) is 31.2. The third-order valence-corrected chi connectivity index (χ3v) is 6.40. The minimum atomic E-state index is -0.911. The standard InChI is InChI=1S/C30H42ClN3O4/c1-7-9-10-11-19-34(25(35)20-32-29(37)38-30(4,5)6)27(23-17-15-22(8-2)16-18-23)28(36)33-26-21(3)13-12-14-24(26)31/h12-18,27H,7-11,19-20H2,1-6H3,(H,32,37)(H,33,36). The van der Waals surface area contributed by atoms with Crippen LogP contribution in [0.5, 0.6) is 0 Å². The summed E-state index contributed by atoms with van der Waals surface area (Å²) in [7, 11) is 0. The molecule has 0 aliphatic heterocycles. The topological polar surface area (TPSA) is 87.7 Å². The SMILES string of the molecule is CCCCCCN(C(=O)CNC(=O)OC(C)(C)C)C(C(=O)Nc1c(C)cccc1Cl)c1ccc(CC)cc1. The molecule has 0 aliphatic carbocycles. The minimum absolute atomic E-state index is 0.287. The molecule has 2 rings (SSSR count). The van der Waals surface area contributed by atoms with Gasteiger partial charge in [-0.2, -0.15) is 0 Å². The van der Waals surface area contributed by atoms with E-state index in [9.17, 15) is 14.4 Å². The largest absolute Gasteiger partial charge is 0.444 e. The van der Waals surface area contributed by atoms with Crippen molar-refractivity contribution in [2.45, 2.75) is 85.3 Å². The molecule has 2 N–H and O–H groups in total. The predicted octanol–water partition coefficient (Wildman–Crippen LogP) is 6.82. The van der Waals surface area contributed by atoms with Crippen molar-refractivity contribution in [1.82, 2.24) is 10.2 Å². The molecular formula is C30H42ClN3O4. The molecule has 208 valence electrons. The molecular weight excluding hydrogens is 502 g/mol. The lowest BCUT2D eigenvalue weighted by Crippen LogP contribution is -2.47. The van der Waals surface area contributed by atoms with Gasteiger partial charge < -0.3 is 20.3 Å². The Bertz CT molecular complexity index is 1060. The van der Waals surface area contributed by atoms with Gasteiger partial charge >= 0.3 is 6.09 Å². The van der Waals surface area contributed by atoms with Crippen LogP contribution in [0.1, 0.15) is 83.0 Å². The number of alkyl carbamates (subject to hydrolysis) is 1. The molecule has 0 spiro atoms. The lowest BCUT2D eigenvalue weighted by molar-refractivity contribution is -0.138. The molecule has 0 fully saturated rings. The van der Waals surface area contributed by atoms with Crippen LogP contribution >= 0.6 is 11.6 Å². The highest BCUT2D eigenvalue weighted by molar-refractivity contribution is 6.34. The number of hydrogen-bond donors (Lipinski definition) is 2. The number of para-hydroxylation sites is 1. The van der Waals surface area contributed by atoms with Gasteiger partial charge in [-0.1, -0.05) is 81.1 Å². The van der Waals surface area contributed by atoms with Crippen LogP contribution in [-0.4, -0.2) is 41.5 Å². The molecule has 1 unspecified atom stereocenters. The summed E-state index contributed by atoms with van der Waals surface area (Å²) in [5, 5.41) is 5.93. The number of rotatable bonds is 12. The Morgan fingerprint density at radius 1 is 1.00 bits per heavy atom. The predicted molar refractivity (Wildman–Crippen MR) is 153 cm³/mol. The number of aryl methyl sites for hydroxylation is 2. The number of halogens is 1. The number of nitrogens with zero attached hydrogens (tertiary/aromatic N) is 1. The first-order valence-corrected chi connectivity index (χ1v) is 13.8. The van der Waals surface area contributed by atoms with Gasteiger partial charge in [0.05, 0.1) is 10.7 Å².